The van der Waals surface area contributed by atoms with Gasteiger partial charge in [0.2, 0.25) is 0 Å². The third kappa shape index (κ3) is 3.59. The maximum Gasteiger partial charge on any atom is 0.320 e. The van der Waals surface area contributed by atoms with E-state index in [1.54, 1.807) is 0 Å². The summed E-state index contributed by atoms with van der Waals surface area (Å²) in [7, 11) is 0. The van der Waals surface area contributed by atoms with Crippen molar-refractivity contribution in [1.82, 2.24) is 0 Å². The molecule has 1 saturated carbocycles. The summed E-state index contributed by atoms with van der Waals surface area (Å²) in [6.45, 7) is 2.15. The van der Waals surface area contributed by atoms with Crippen molar-refractivity contribution in [2.24, 2.45) is 17.6 Å². The first-order chi connectivity index (χ1) is 7.54. The van der Waals surface area contributed by atoms with E-state index in [2.05, 4.69) is 6.92 Å². The highest BCUT2D eigenvalue weighted by Gasteiger charge is 2.28. The van der Waals surface area contributed by atoms with Gasteiger partial charge in [-0.15, -0.1) is 0 Å². The Labute approximate surface area is 96.2 Å². The van der Waals surface area contributed by atoms with E-state index in [9.17, 15) is 9.59 Å². The molecule has 0 radical (unpaired) electrons. The zero-order valence-electron chi connectivity index (χ0n) is 9.82. The summed E-state index contributed by atoms with van der Waals surface area (Å²) in [6.07, 6.45) is 5.11. The van der Waals surface area contributed by atoms with Gasteiger partial charge in [0.05, 0.1) is 0 Å². The van der Waals surface area contributed by atoms with Crippen molar-refractivity contribution in [2.75, 3.05) is 0 Å². The van der Waals surface area contributed by atoms with E-state index in [4.69, 9.17) is 10.8 Å². The Hall–Kier alpha value is -0.900. The fourth-order valence-corrected chi connectivity index (χ4v) is 2.63. The smallest absolute Gasteiger partial charge is 0.320 e. The number of Topliss-reactive ketones (excluding diaryl/α,β-unsaturated/α-hetero) is 1. The molecule has 0 spiro atoms. The van der Waals surface area contributed by atoms with E-state index in [1.165, 1.54) is 12.8 Å². The zero-order valence-corrected chi connectivity index (χ0v) is 9.82. The molecule has 0 amide bonds. The summed E-state index contributed by atoms with van der Waals surface area (Å²) in [4.78, 5) is 22.1. The van der Waals surface area contributed by atoms with Crippen molar-refractivity contribution in [1.29, 1.82) is 0 Å². The number of carboxylic acids is 1. The van der Waals surface area contributed by atoms with Crippen LogP contribution in [0, 0.1) is 11.8 Å². The minimum atomic E-state index is -1.09. The fraction of sp³-hybridized carbons (Fsp3) is 0.833. The fourth-order valence-electron chi connectivity index (χ4n) is 2.63. The van der Waals surface area contributed by atoms with E-state index in [-0.39, 0.29) is 12.2 Å². The molecule has 4 heteroatoms. The molecule has 16 heavy (non-hydrogen) atoms. The summed E-state index contributed by atoms with van der Waals surface area (Å²) >= 11 is 0. The Morgan fingerprint density at radius 3 is 2.56 bits per heavy atom. The number of nitrogens with two attached hydrogens (primary N) is 1. The van der Waals surface area contributed by atoms with Gasteiger partial charge in [0.15, 0.2) is 0 Å². The van der Waals surface area contributed by atoms with Gasteiger partial charge in [0.1, 0.15) is 11.8 Å². The van der Waals surface area contributed by atoms with Crippen LogP contribution in [0.1, 0.15) is 45.4 Å². The van der Waals surface area contributed by atoms with Crippen LogP contribution in [-0.4, -0.2) is 22.9 Å². The summed E-state index contributed by atoms with van der Waals surface area (Å²) < 4.78 is 0. The molecule has 3 atom stereocenters. The van der Waals surface area contributed by atoms with Crippen LogP contribution in [0.5, 0.6) is 0 Å². The van der Waals surface area contributed by atoms with Gasteiger partial charge in [-0.3, -0.25) is 9.59 Å². The highest BCUT2D eigenvalue weighted by Crippen LogP contribution is 2.36. The van der Waals surface area contributed by atoms with Crippen LogP contribution in [0.25, 0.3) is 0 Å². The normalized spacial score (nSPS) is 26.6. The molecule has 3 N–H and O–H groups in total. The van der Waals surface area contributed by atoms with Crippen LogP contribution >= 0.6 is 0 Å². The molecular formula is C12H21NO3. The van der Waals surface area contributed by atoms with E-state index in [1.807, 2.05) is 0 Å². The van der Waals surface area contributed by atoms with Gasteiger partial charge < -0.3 is 10.8 Å². The van der Waals surface area contributed by atoms with Gasteiger partial charge in [-0.1, -0.05) is 26.2 Å². The van der Waals surface area contributed by atoms with Crippen molar-refractivity contribution in [2.45, 2.75) is 51.5 Å². The van der Waals surface area contributed by atoms with Gasteiger partial charge in [-0.25, -0.2) is 0 Å². The lowest BCUT2D eigenvalue weighted by atomic mass is 9.88. The Kier molecular flexibility index (Phi) is 4.93. The Morgan fingerprint density at radius 2 is 2.00 bits per heavy atom. The minimum Gasteiger partial charge on any atom is -0.480 e. The molecule has 0 aromatic heterocycles. The molecule has 0 aromatic rings. The second-order valence-electron chi connectivity index (χ2n) is 4.75. The third-order valence-electron chi connectivity index (χ3n) is 3.60. The number of aliphatic carboxylic acids is 1. The minimum absolute atomic E-state index is 0.000231. The molecule has 1 fully saturated rings. The van der Waals surface area contributed by atoms with Crippen LogP contribution in [0.3, 0.4) is 0 Å². The van der Waals surface area contributed by atoms with Crippen molar-refractivity contribution in [3.63, 3.8) is 0 Å². The average molecular weight is 227 g/mol. The summed E-state index contributed by atoms with van der Waals surface area (Å²) in [5.74, 6) is 0.00978. The molecular weight excluding hydrogens is 206 g/mol. The Bertz CT molecular complexity index is 265. The highest BCUT2D eigenvalue weighted by molar-refractivity contribution is 5.85. The second-order valence-corrected chi connectivity index (χ2v) is 4.75. The molecule has 1 aliphatic rings. The van der Waals surface area contributed by atoms with E-state index < -0.39 is 12.0 Å². The van der Waals surface area contributed by atoms with Gasteiger partial charge in [-0.2, -0.15) is 0 Å². The lowest BCUT2D eigenvalue weighted by Gasteiger charge is -2.17. The molecule has 0 aliphatic heterocycles. The largest absolute Gasteiger partial charge is 0.480 e. The Morgan fingerprint density at radius 1 is 1.38 bits per heavy atom. The number of hydrogen-bond acceptors (Lipinski definition) is 3. The number of ketones is 1. The first-order valence-corrected chi connectivity index (χ1v) is 6.04. The first-order valence-electron chi connectivity index (χ1n) is 6.04. The average Bonchev–Trinajstić information content (AvgIpc) is 2.64. The van der Waals surface area contributed by atoms with E-state index in [0.29, 0.717) is 18.3 Å². The Balaban J connectivity index is 2.36. The maximum absolute atomic E-state index is 11.6. The van der Waals surface area contributed by atoms with Crippen molar-refractivity contribution in [3.05, 3.63) is 0 Å². The summed E-state index contributed by atoms with van der Waals surface area (Å²) in [5, 5.41) is 8.61. The molecule has 0 heterocycles. The summed E-state index contributed by atoms with van der Waals surface area (Å²) in [5.41, 5.74) is 5.34. The molecule has 92 valence electrons. The quantitative estimate of drug-likeness (QED) is 0.721. The first kappa shape index (κ1) is 13.2. The van der Waals surface area contributed by atoms with Gasteiger partial charge in [0.25, 0.3) is 0 Å². The topological polar surface area (TPSA) is 80.4 Å². The predicted molar refractivity (Wildman–Crippen MR) is 61.0 cm³/mol. The van der Waals surface area contributed by atoms with Crippen LogP contribution in [-0.2, 0) is 9.59 Å². The van der Waals surface area contributed by atoms with Crippen molar-refractivity contribution >= 4 is 11.8 Å². The molecule has 3 unspecified atom stereocenters. The number of rotatable bonds is 6. The number of carbonyl (C=O) groups is 2. The van der Waals surface area contributed by atoms with Gasteiger partial charge in [-0.05, 0) is 18.3 Å². The van der Waals surface area contributed by atoms with Crippen molar-refractivity contribution < 1.29 is 14.7 Å². The zero-order chi connectivity index (χ0) is 12.1. The molecule has 0 aromatic carbocycles. The molecule has 0 bridgehead atoms. The van der Waals surface area contributed by atoms with Gasteiger partial charge >= 0.3 is 5.97 Å². The maximum atomic E-state index is 11.6. The van der Waals surface area contributed by atoms with Crippen LogP contribution in [0.15, 0.2) is 0 Å². The van der Waals surface area contributed by atoms with E-state index >= 15 is 0 Å². The van der Waals surface area contributed by atoms with Gasteiger partial charge in [0, 0.05) is 12.8 Å². The van der Waals surface area contributed by atoms with Crippen LogP contribution < -0.4 is 5.73 Å². The molecule has 1 rings (SSSR count). The lowest BCUT2D eigenvalue weighted by molar-refractivity contribution is -0.140. The second kappa shape index (κ2) is 5.99. The van der Waals surface area contributed by atoms with E-state index in [0.717, 1.165) is 12.8 Å². The number of carboxylic acid groups (broad SMARTS) is 1. The lowest BCUT2D eigenvalue weighted by Crippen LogP contribution is -2.33. The standard InChI is InChI=1S/C12H21NO3/c1-2-8-4-3-5-9(8)6-10(14)7-11(13)12(15)16/h8-9,11H,2-7,13H2,1H3,(H,15,16). The van der Waals surface area contributed by atoms with Crippen LogP contribution in [0.2, 0.25) is 0 Å². The van der Waals surface area contributed by atoms with Crippen molar-refractivity contribution in [3.8, 4) is 0 Å². The van der Waals surface area contributed by atoms with Crippen LogP contribution in [0.4, 0.5) is 0 Å². The molecule has 0 saturated heterocycles. The predicted octanol–water partition coefficient (Wildman–Crippen LogP) is 1.57. The molecule has 4 nitrogen and oxygen atoms in total. The molecule has 1 aliphatic carbocycles. The highest BCUT2D eigenvalue weighted by atomic mass is 16.4. The number of carbonyl (C=O) groups excluding carboxylic acids is 1. The third-order valence-corrected chi connectivity index (χ3v) is 3.60. The monoisotopic (exact) mass is 227 g/mol. The number of hydrogen-bond donors (Lipinski definition) is 2. The SMILES string of the molecule is CCC1CCCC1CC(=O)CC(N)C(=O)O. The summed E-state index contributed by atoms with van der Waals surface area (Å²) in [6, 6.07) is -1.03.